The molecule has 0 aliphatic heterocycles. The van der Waals surface area contributed by atoms with Gasteiger partial charge in [-0.2, -0.15) is 15.3 Å². The third kappa shape index (κ3) is 2.44. The minimum Gasteiger partial charge on any atom is -0.356 e. The first kappa shape index (κ1) is 13.9. The number of rotatable bonds is 3. The molecule has 8 nitrogen and oxygen atoms in total. The highest BCUT2D eigenvalue weighted by Gasteiger charge is 2.13. The molecule has 116 valence electrons. The van der Waals surface area contributed by atoms with Crippen LogP contribution in [0.15, 0.2) is 41.1 Å². The maximum Gasteiger partial charge on any atom is 0.274 e. The minimum atomic E-state index is 0.333. The fourth-order valence-electron chi connectivity index (χ4n) is 2.27. The van der Waals surface area contributed by atoms with Crippen LogP contribution >= 0.6 is 0 Å². The lowest BCUT2D eigenvalue weighted by Gasteiger charge is -1.97. The fraction of sp³-hybridized carbons (Fsp3) is 0.0625. The normalized spacial score (nSPS) is 10.7. The van der Waals surface area contributed by atoms with Crippen molar-refractivity contribution in [3.8, 4) is 40.4 Å². The van der Waals surface area contributed by atoms with Crippen LogP contribution in [0.25, 0.3) is 34.4 Å². The maximum absolute atomic E-state index is 8.85. The molecule has 0 fully saturated rings. The Labute approximate surface area is 136 Å². The van der Waals surface area contributed by atoms with E-state index in [1.807, 2.05) is 37.3 Å². The molecule has 3 aromatic heterocycles. The Kier molecular flexibility index (Phi) is 3.17. The Morgan fingerprint density at radius 1 is 1.08 bits per heavy atom. The fourth-order valence-corrected chi connectivity index (χ4v) is 2.27. The van der Waals surface area contributed by atoms with E-state index >= 15 is 0 Å². The van der Waals surface area contributed by atoms with Crippen molar-refractivity contribution in [2.24, 2.45) is 0 Å². The summed E-state index contributed by atoms with van der Waals surface area (Å²) in [5.74, 6) is 2.21. The highest BCUT2D eigenvalue weighted by Crippen LogP contribution is 2.24. The van der Waals surface area contributed by atoms with Crippen LogP contribution in [0.3, 0.4) is 0 Å². The number of nitrogens with one attached hydrogen (secondary N) is 2. The molecule has 0 bridgehead atoms. The van der Waals surface area contributed by atoms with Gasteiger partial charge in [-0.25, -0.2) is 4.98 Å². The summed E-state index contributed by atoms with van der Waals surface area (Å²) >= 11 is 0. The first-order valence-electron chi connectivity index (χ1n) is 7.15. The molecule has 0 spiro atoms. The van der Waals surface area contributed by atoms with Gasteiger partial charge in [-0.3, -0.25) is 5.10 Å². The average Bonchev–Trinajstić information content (AvgIpc) is 3.35. The Bertz CT molecular complexity index is 1030. The highest BCUT2D eigenvalue weighted by molar-refractivity contribution is 5.64. The van der Waals surface area contributed by atoms with Crippen molar-refractivity contribution < 1.29 is 4.52 Å². The molecule has 0 aliphatic rings. The number of nitrogens with zero attached hydrogens (tertiary/aromatic N) is 5. The van der Waals surface area contributed by atoms with E-state index < -0.39 is 0 Å². The quantitative estimate of drug-likeness (QED) is 0.599. The van der Waals surface area contributed by atoms with Crippen molar-refractivity contribution in [2.75, 3.05) is 0 Å². The number of H-pyrrole nitrogens is 2. The highest BCUT2D eigenvalue weighted by atomic mass is 16.5. The third-order valence-electron chi connectivity index (χ3n) is 3.47. The summed E-state index contributed by atoms with van der Waals surface area (Å²) in [6.45, 7) is 1.85. The Morgan fingerprint density at radius 3 is 2.46 bits per heavy atom. The van der Waals surface area contributed by atoms with Crippen LogP contribution in [0.5, 0.6) is 0 Å². The van der Waals surface area contributed by atoms with Gasteiger partial charge >= 0.3 is 0 Å². The number of aromatic nitrogens is 6. The number of benzene rings is 1. The Morgan fingerprint density at radius 2 is 1.83 bits per heavy atom. The van der Waals surface area contributed by atoms with Gasteiger partial charge < -0.3 is 9.51 Å². The molecule has 0 atom stereocenters. The molecule has 0 saturated heterocycles. The molecular weight excluding hydrogens is 306 g/mol. The van der Waals surface area contributed by atoms with Crippen molar-refractivity contribution in [2.45, 2.75) is 6.92 Å². The van der Waals surface area contributed by atoms with Gasteiger partial charge in [0.1, 0.15) is 17.6 Å². The lowest BCUT2D eigenvalue weighted by Crippen LogP contribution is -1.84. The van der Waals surface area contributed by atoms with Gasteiger partial charge in [0, 0.05) is 17.3 Å². The maximum atomic E-state index is 8.85. The zero-order chi connectivity index (χ0) is 16.5. The summed E-state index contributed by atoms with van der Waals surface area (Å²) in [6.07, 6.45) is 1.59. The predicted octanol–water partition coefficient (Wildman–Crippen LogP) is 2.70. The summed E-state index contributed by atoms with van der Waals surface area (Å²) in [5.41, 5.74) is 2.83. The van der Waals surface area contributed by atoms with Crippen LogP contribution in [0.1, 0.15) is 11.4 Å². The lowest BCUT2D eigenvalue weighted by molar-refractivity contribution is 0.431. The van der Waals surface area contributed by atoms with Crippen LogP contribution in [-0.2, 0) is 0 Å². The van der Waals surface area contributed by atoms with Crippen molar-refractivity contribution in [1.29, 1.82) is 5.26 Å². The van der Waals surface area contributed by atoms with E-state index in [2.05, 4.69) is 30.3 Å². The van der Waals surface area contributed by atoms with E-state index in [1.165, 1.54) is 0 Å². The Hall–Kier alpha value is -3.73. The Balaban J connectivity index is 1.61. The topological polar surface area (TPSA) is 120 Å². The molecular formula is C16H11N7O. The van der Waals surface area contributed by atoms with Crippen molar-refractivity contribution >= 4 is 0 Å². The molecule has 4 aromatic rings. The summed E-state index contributed by atoms with van der Waals surface area (Å²) in [6, 6.07) is 11.3. The molecule has 2 N–H and O–H groups in total. The predicted molar refractivity (Wildman–Crippen MR) is 84.3 cm³/mol. The molecule has 0 radical (unpaired) electrons. The third-order valence-corrected chi connectivity index (χ3v) is 3.47. The van der Waals surface area contributed by atoms with Crippen LogP contribution < -0.4 is 0 Å². The number of hydrogen-bond donors (Lipinski definition) is 2. The van der Waals surface area contributed by atoms with Gasteiger partial charge in [0.25, 0.3) is 5.89 Å². The van der Waals surface area contributed by atoms with E-state index in [0.29, 0.717) is 28.8 Å². The van der Waals surface area contributed by atoms with Crippen molar-refractivity contribution in [3.63, 3.8) is 0 Å². The van der Waals surface area contributed by atoms with Gasteiger partial charge in [-0.05, 0) is 13.0 Å². The molecule has 1 aromatic carbocycles. The second-order valence-corrected chi connectivity index (χ2v) is 5.16. The number of aromatic amines is 2. The summed E-state index contributed by atoms with van der Waals surface area (Å²) < 4.78 is 5.25. The smallest absolute Gasteiger partial charge is 0.274 e. The summed E-state index contributed by atoms with van der Waals surface area (Å²) in [7, 11) is 0. The van der Waals surface area contributed by atoms with Crippen molar-refractivity contribution in [3.05, 3.63) is 47.9 Å². The van der Waals surface area contributed by atoms with E-state index in [4.69, 9.17) is 9.78 Å². The van der Waals surface area contributed by atoms with Gasteiger partial charge in [-0.15, -0.1) is 0 Å². The second kappa shape index (κ2) is 5.48. The second-order valence-electron chi connectivity index (χ2n) is 5.16. The summed E-state index contributed by atoms with van der Waals surface area (Å²) in [5, 5.41) is 19.8. The summed E-state index contributed by atoms with van der Waals surface area (Å²) in [4.78, 5) is 11.6. The zero-order valence-electron chi connectivity index (χ0n) is 12.6. The number of nitriles is 1. The minimum absolute atomic E-state index is 0.333. The molecule has 0 aliphatic carbocycles. The van der Waals surface area contributed by atoms with E-state index in [-0.39, 0.29) is 0 Å². The molecule has 0 amide bonds. The van der Waals surface area contributed by atoms with Gasteiger partial charge in [0.05, 0.1) is 5.56 Å². The first-order valence-corrected chi connectivity index (χ1v) is 7.15. The van der Waals surface area contributed by atoms with Crippen LogP contribution in [0.2, 0.25) is 0 Å². The van der Waals surface area contributed by atoms with Crippen LogP contribution in [0.4, 0.5) is 0 Å². The zero-order valence-corrected chi connectivity index (χ0v) is 12.6. The van der Waals surface area contributed by atoms with Crippen LogP contribution in [-0.4, -0.2) is 30.3 Å². The van der Waals surface area contributed by atoms with E-state index in [0.717, 1.165) is 17.0 Å². The molecule has 0 saturated carbocycles. The van der Waals surface area contributed by atoms with Gasteiger partial charge in [0.15, 0.2) is 5.82 Å². The standard InChI is InChI=1S/C16H11N7O/c1-9-19-14(22-21-9)11-2-4-12(5-3-11)15-20-16(24-23-15)13-6-10(7-17)8-18-13/h2-6,8,18H,1H3,(H,19,21,22). The van der Waals surface area contributed by atoms with Gasteiger partial charge in [-0.1, -0.05) is 29.4 Å². The van der Waals surface area contributed by atoms with Crippen LogP contribution in [0, 0.1) is 18.3 Å². The molecule has 8 heteroatoms. The molecule has 24 heavy (non-hydrogen) atoms. The molecule has 0 unspecified atom stereocenters. The molecule has 3 heterocycles. The van der Waals surface area contributed by atoms with E-state index in [9.17, 15) is 0 Å². The lowest BCUT2D eigenvalue weighted by atomic mass is 10.1. The average molecular weight is 317 g/mol. The first-order chi connectivity index (χ1) is 11.7. The van der Waals surface area contributed by atoms with E-state index in [1.54, 1.807) is 12.3 Å². The monoisotopic (exact) mass is 317 g/mol. The number of aryl methyl sites for hydroxylation is 1. The SMILES string of the molecule is Cc1nc(-c2ccc(-c3noc(-c4cc(C#N)c[nH]4)n3)cc2)n[nH]1. The largest absolute Gasteiger partial charge is 0.356 e. The number of hydrogen-bond acceptors (Lipinski definition) is 6. The van der Waals surface area contributed by atoms with Gasteiger partial charge in [0.2, 0.25) is 5.82 Å². The van der Waals surface area contributed by atoms with Crippen molar-refractivity contribution in [1.82, 2.24) is 30.3 Å². The molecule has 4 rings (SSSR count).